The van der Waals surface area contributed by atoms with Crippen molar-refractivity contribution in [3.05, 3.63) is 35.9 Å². The van der Waals surface area contributed by atoms with E-state index < -0.39 is 5.92 Å². The third-order valence-electron chi connectivity index (χ3n) is 3.10. The van der Waals surface area contributed by atoms with Crippen LogP contribution >= 0.6 is 11.8 Å². The Morgan fingerprint density at radius 3 is 2.81 bits per heavy atom. The molecule has 0 aromatic heterocycles. The lowest BCUT2D eigenvalue weighted by Gasteiger charge is -2.19. The zero-order valence-corrected chi connectivity index (χ0v) is 12.0. The van der Waals surface area contributed by atoms with Crippen LogP contribution in [0, 0.1) is 5.92 Å². The molecule has 108 valence electrons. The summed E-state index contributed by atoms with van der Waals surface area (Å²) >= 11 is 1.42. The summed E-state index contributed by atoms with van der Waals surface area (Å²) < 4.78 is 0. The molecule has 1 amide bonds. The molecule has 2 heterocycles. The quantitative estimate of drug-likeness (QED) is 0.904. The Morgan fingerprint density at radius 1 is 1.24 bits per heavy atom. The maximum absolute atomic E-state index is 12.0. The molecule has 2 aliphatic heterocycles. The number of fused-ring (bicyclic) bond motifs is 1. The molecule has 3 rings (SSSR count). The van der Waals surface area contributed by atoms with Gasteiger partial charge in [0.1, 0.15) is 11.8 Å². The lowest BCUT2D eigenvalue weighted by Crippen LogP contribution is -2.35. The number of hydrogen-bond donors (Lipinski definition) is 1. The van der Waals surface area contributed by atoms with Crippen LogP contribution in [0.2, 0.25) is 0 Å². The minimum Gasteiger partial charge on any atom is -0.394 e. The van der Waals surface area contributed by atoms with Gasteiger partial charge in [0.15, 0.2) is 5.17 Å². The first kappa shape index (κ1) is 14.0. The van der Waals surface area contributed by atoms with Gasteiger partial charge in [-0.05, 0) is 5.56 Å². The van der Waals surface area contributed by atoms with Crippen LogP contribution in [0.3, 0.4) is 0 Å². The van der Waals surface area contributed by atoms with Crippen LogP contribution in [0.5, 0.6) is 0 Å². The van der Waals surface area contributed by atoms with Crippen LogP contribution in [0.4, 0.5) is 0 Å². The van der Waals surface area contributed by atoms with Gasteiger partial charge in [0, 0.05) is 12.0 Å². The number of amides is 1. The maximum atomic E-state index is 12.0. The van der Waals surface area contributed by atoms with Gasteiger partial charge in [0.05, 0.1) is 13.2 Å². The minimum atomic E-state index is -0.502. The second-order valence-corrected chi connectivity index (χ2v) is 5.51. The van der Waals surface area contributed by atoms with Gasteiger partial charge in [0.25, 0.3) is 5.91 Å². The molecule has 0 spiro atoms. The fourth-order valence-corrected chi connectivity index (χ4v) is 2.88. The SMILES string of the molecule is O=C1N=C(SCc2ccccc2)N=C2C1C=NN2CCO. The van der Waals surface area contributed by atoms with Crippen molar-refractivity contribution >= 4 is 34.9 Å². The van der Waals surface area contributed by atoms with Crippen molar-refractivity contribution in [2.75, 3.05) is 13.2 Å². The molecule has 6 nitrogen and oxygen atoms in total. The first-order chi connectivity index (χ1) is 10.3. The molecule has 0 saturated heterocycles. The van der Waals surface area contributed by atoms with Crippen molar-refractivity contribution in [3.63, 3.8) is 0 Å². The van der Waals surface area contributed by atoms with Gasteiger partial charge in [-0.25, -0.2) is 10.0 Å². The summed E-state index contributed by atoms with van der Waals surface area (Å²) in [6.07, 6.45) is 1.53. The van der Waals surface area contributed by atoms with Gasteiger partial charge in [-0.15, -0.1) is 0 Å². The third kappa shape index (κ3) is 3.03. The molecule has 1 aromatic carbocycles. The number of rotatable bonds is 4. The van der Waals surface area contributed by atoms with Crippen molar-refractivity contribution in [3.8, 4) is 0 Å². The molecule has 0 bridgehead atoms. The zero-order chi connectivity index (χ0) is 14.7. The predicted molar refractivity (Wildman–Crippen MR) is 83.4 cm³/mol. The van der Waals surface area contributed by atoms with E-state index in [-0.39, 0.29) is 12.5 Å². The summed E-state index contributed by atoms with van der Waals surface area (Å²) in [6, 6.07) is 9.94. The number of benzene rings is 1. The summed E-state index contributed by atoms with van der Waals surface area (Å²) in [4.78, 5) is 20.4. The van der Waals surface area contributed by atoms with E-state index in [2.05, 4.69) is 15.1 Å². The number of hydrazone groups is 1. The molecule has 0 aliphatic carbocycles. The molecule has 21 heavy (non-hydrogen) atoms. The largest absolute Gasteiger partial charge is 0.394 e. The van der Waals surface area contributed by atoms with E-state index >= 15 is 0 Å². The van der Waals surface area contributed by atoms with E-state index in [1.165, 1.54) is 18.0 Å². The number of aliphatic imine (C=N–C) groups is 2. The minimum absolute atomic E-state index is 0.0408. The van der Waals surface area contributed by atoms with Gasteiger partial charge in [-0.3, -0.25) is 4.79 Å². The van der Waals surface area contributed by atoms with E-state index in [0.29, 0.717) is 23.3 Å². The highest BCUT2D eigenvalue weighted by atomic mass is 32.2. The molecule has 1 N–H and O–H groups in total. The van der Waals surface area contributed by atoms with Gasteiger partial charge in [-0.2, -0.15) is 10.1 Å². The average Bonchev–Trinajstić information content (AvgIpc) is 2.90. The van der Waals surface area contributed by atoms with Crippen molar-refractivity contribution in [2.45, 2.75) is 5.75 Å². The average molecular weight is 302 g/mol. The van der Waals surface area contributed by atoms with Crippen LogP contribution in [-0.2, 0) is 10.5 Å². The lowest BCUT2D eigenvalue weighted by molar-refractivity contribution is -0.118. The molecular weight excluding hydrogens is 288 g/mol. The monoisotopic (exact) mass is 302 g/mol. The highest BCUT2D eigenvalue weighted by molar-refractivity contribution is 8.13. The number of amidine groups is 2. The topological polar surface area (TPSA) is 77.6 Å². The molecule has 0 radical (unpaired) electrons. The van der Waals surface area contributed by atoms with Gasteiger partial charge < -0.3 is 5.11 Å². The Bertz CT molecular complexity index is 627. The van der Waals surface area contributed by atoms with Crippen LogP contribution in [0.15, 0.2) is 45.4 Å². The van der Waals surface area contributed by atoms with Crippen LogP contribution in [-0.4, -0.2) is 46.4 Å². The Morgan fingerprint density at radius 2 is 2.05 bits per heavy atom. The van der Waals surface area contributed by atoms with E-state index in [1.54, 1.807) is 5.01 Å². The summed E-state index contributed by atoms with van der Waals surface area (Å²) in [5, 5.41) is 15.1. The number of carbonyl (C=O) groups excluding carboxylic acids is 1. The van der Waals surface area contributed by atoms with Gasteiger partial charge in [-0.1, -0.05) is 42.1 Å². The summed E-state index contributed by atoms with van der Waals surface area (Å²) in [5.74, 6) is 0.506. The number of thioether (sulfide) groups is 1. The molecule has 1 unspecified atom stereocenters. The second-order valence-electron chi connectivity index (χ2n) is 4.57. The second kappa shape index (κ2) is 6.19. The number of aliphatic hydroxyl groups excluding tert-OH is 1. The van der Waals surface area contributed by atoms with E-state index in [1.807, 2.05) is 30.3 Å². The molecule has 1 aromatic rings. The molecule has 2 aliphatic rings. The normalized spacial score (nSPS) is 20.3. The number of nitrogens with zero attached hydrogens (tertiary/aromatic N) is 4. The fourth-order valence-electron chi connectivity index (χ4n) is 2.08. The van der Waals surface area contributed by atoms with E-state index in [9.17, 15) is 4.79 Å². The number of aliphatic hydroxyl groups is 1. The van der Waals surface area contributed by atoms with Crippen molar-refractivity contribution in [2.24, 2.45) is 21.0 Å². The van der Waals surface area contributed by atoms with Gasteiger partial charge >= 0.3 is 0 Å². The van der Waals surface area contributed by atoms with Crippen molar-refractivity contribution in [1.82, 2.24) is 5.01 Å². The molecule has 7 heteroatoms. The number of β-amino-alcohol motifs (C(OH)–C–C–N with tert-alkyl or cyclic N) is 1. The van der Waals surface area contributed by atoms with Crippen LogP contribution in [0.25, 0.3) is 0 Å². The molecular formula is C14H14N4O2S. The Labute approximate surface area is 126 Å². The highest BCUT2D eigenvalue weighted by Crippen LogP contribution is 2.23. The predicted octanol–water partition coefficient (Wildman–Crippen LogP) is 1.12. The van der Waals surface area contributed by atoms with E-state index in [0.717, 1.165) is 5.56 Å². The van der Waals surface area contributed by atoms with Gasteiger partial charge in [0.2, 0.25) is 0 Å². The molecule has 1 atom stereocenters. The first-order valence-corrected chi connectivity index (χ1v) is 7.57. The Hall–Kier alpha value is -1.99. The summed E-state index contributed by atoms with van der Waals surface area (Å²) in [5.41, 5.74) is 1.15. The smallest absolute Gasteiger partial charge is 0.264 e. The Balaban J connectivity index is 1.72. The van der Waals surface area contributed by atoms with Crippen LogP contribution in [0.1, 0.15) is 5.56 Å². The molecule has 0 fully saturated rings. The number of hydrogen-bond acceptors (Lipinski definition) is 6. The Kier molecular flexibility index (Phi) is 4.12. The third-order valence-corrected chi connectivity index (χ3v) is 4.02. The lowest BCUT2D eigenvalue weighted by atomic mass is 10.1. The number of carbonyl (C=O) groups is 1. The standard InChI is InChI=1S/C14H14N4O2S/c19-7-6-18-12-11(8-15-18)13(20)17-14(16-12)21-9-10-4-2-1-3-5-10/h1-5,8,11,19H,6-7,9H2. The highest BCUT2D eigenvalue weighted by Gasteiger charge is 2.35. The maximum Gasteiger partial charge on any atom is 0.264 e. The summed E-state index contributed by atoms with van der Waals surface area (Å²) in [7, 11) is 0. The van der Waals surface area contributed by atoms with Crippen LogP contribution < -0.4 is 0 Å². The summed E-state index contributed by atoms with van der Waals surface area (Å²) in [6.45, 7) is 0.288. The van der Waals surface area contributed by atoms with Crippen molar-refractivity contribution < 1.29 is 9.90 Å². The zero-order valence-electron chi connectivity index (χ0n) is 11.2. The molecule has 0 saturated carbocycles. The van der Waals surface area contributed by atoms with E-state index in [4.69, 9.17) is 5.11 Å². The fraction of sp³-hybridized carbons (Fsp3) is 0.286. The van der Waals surface area contributed by atoms with Crippen molar-refractivity contribution in [1.29, 1.82) is 0 Å². The first-order valence-electron chi connectivity index (χ1n) is 6.58.